The summed E-state index contributed by atoms with van der Waals surface area (Å²) in [6.45, 7) is 2.20. The number of rotatable bonds is 2. The molecule has 2 aromatic heterocycles. The molecule has 7 heteroatoms. The number of aromatic nitrogens is 4. The van der Waals surface area contributed by atoms with Crippen LogP contribution in [0.5, 0.6) is 0 Å². The van der Waals surface area contributed by atoms with Crippen molar-refractivity contribution < 1.29 is 5.11 Å². The summed E-state index contributed by atoms with van der Waals surface area (Å²) in [6, 6.07) is 7.52. The van der Waals surface area contributed by atoms with Gasteiger partial charge in [-0.1, -0.05) is 12.1 Å². The van der Waals surface area contributed by atoms with E-state index in [1.807, 2.05) is 28.7 Å². The molecule has 7 nitrogen and oxygen atoms in total. The van der Waals surface area contributed by atoms with Crippen LogP contribution in [0, 0.1) is 0 Å². The lowest BCUT2D eigenvalue weighted by Gasteiger charge is -2.29. The van der Waals surface area contributed by atoms with Gasteiger partial charge >= 0.3 is 0 Å². The van der Waals surface area contributed by atoms with E-state index in [4.69, 9.17) is 0 Å². The van der Waals surface area contributed by atoms with E-state index in [2.05, 4.69) is 15.1 Å². The normalized spacial score (nSPS) is 19.7. The number of benzene rings is 1. The molecule has 1 aliphatic rings. The van der Waals surface area contributed by atoms with Crippen LogP contribution in [0.4, 0.5) is 0 Å². The Hall–Kier alpha value is -2.25. The second-order valence-corrected chi connectivity index (χ2v) is 6.16. The minimum Gasteiger partial charge on any atom is -0.392 e. The Morgan fingerprint density at radius 2 is 2.13 bits per heavy atom. The molecule has 0 aliphatic carbocycles. The van der Waals surface area contributed by atoms with Crippen molar-refractivity contribution in [3.8, 4) is 0 Å². The SMILES string of the molecule is Cn1c(=O)c2ccccc2n2c(CN3CCCC(O)C3)nnc12. The zero-order valence-corrected chi connectivity index (χ0v) is 13.0. The van der Waals surface area contributed by atoms with Crippen molar-refractivity contribution in [2.24, 2.45) is 7.05 Å². The highest BCUT2D eigenvalue weighted by Gasteiger charge is 2.21. The predicted octanol–water partition coefficient (Wildman–Crippen LogP) is 0.538. The molecule has 1 unspecified atom stereocenters. The van der Waals surface area contributed by atoms with E-state index in [1.165, 1.54) is 4.57 Å². The van der Waals surface area contributed by atoms with E-state index < -0.39 is 0 Å². The lowest BCUT2D eigenvalue weighted by atomic mass is 10.1. The van der Waals surface area contributed by atoms with Gasteiger partial charge in [0, 0.05) is 13.6 Å². The summed E-state index contributed by atoms with van der Waals surface area (Å²) < 4.78 is 3.47. The second-order valence-electron chi connectivity index (χ2n) is 6.16. The highest BCUT2D eigenvalue weighted by atomic mass is 16.3. The van der Waals surface area contributed by atoms with Gasteiger partial charge in [0.1, 0.15) is 0 Å². The van der Waals surface area contributed by atoms with Crippen molar-refractivity contribution in [1.29, 1.82) is 0 Å². The third kappa shape index (κ3) is 2.32. The molecule has 1 aromatic carbocycles. The first-order valence-corrected chi connectivity index (χ1v) is 7.87. The van der Waals surface area contributed by atoms with Gasteiger partial charge in [-0.15, -0.1) is 10.2 Å². The van der Waals surface area contributed by atoms with Crippen LogP contribution >= 0.6 is 0 Å². The predicted molar refractivity (Wildman–Crippen MR) is 86.3 cm³/mol. The number of aryl methyl sites for hydroxylation is 1. The molecule has 0 spiro atoms. The fraction of sp³-hybridized carbons (Fsp3) is 0.438. The summed E-state index contributed by atoms with van der Waals surface area (Å²) in [5.74, 6) is 1.34. The molecule has 0 radical (unpaired) electrons. The highest BCUT2D eigenvalue weighted by molar-refractivity contribution is 5.80. The average molecular weight is 313 g/mol. The zero-order chi connectivity index (χ0) is 16.0. The Morgan fingerprint density at radius 1 is 1.30 bits per heavy atom. The number of aliphatic hydroxyl groups excluding tert-OH is 1. The van der Waals surface area contributed by atoms with Gasteiger partial charge in [-0.2, -0.15) is 0 Å². The largest absolute Gasteiger partial charge is 0.392 e. The minimum atomic E-state index is -0.274. The van der Waals surface area contributed by atoms with E-state index in [0.29, 0.717) is 24.3 Å². The molecular formula is C16H19N5O2. The van der Waals surface area contributed by atoms with E-state index in [9.17, 15) is 9.90 Å². The molecule has 4 rings (SSSR count). The van der Waals surface area contributed by atoms with Gasteiger partial charge in [0.2, 0.25) is 5.78 Å². The van der Waals surface area contributed by atoms with E-state index >= 15 is 0 Å². The van der Waals surface area contributed by atoms with Crippen molar-refractivity contribution in [3.05, 3.63) is 40.4 Å². The quantitative estimate of drug-likeness (QED) is 0.747. The van der Waals surface area contributed by atoms with Crippen molar-refractivity contribution in [1.82, 2.24) is 24.1 Å². The minimum absolute atomic E-state index is 0.0690. The molecule has 1 atom stereocenters. The van der Waals surface area contributed by atoms with Crippen LogP contribution in [0.2, 0.25) is 0 Å². The van der Waals surface area contributed by atoms with Crippen molar-refractivity contribution in [2.75, 3.05) is 13.1 Å². The number of hydrogen-bond donors (Lipinski definition) is 1. The summed E-state index contributed by atoms with van der Waals surface area (Å²) in [4.78, 5) is 14.6. The Balaban J connectivity index is 1.87. The molecule has 23 heavy (non-hydrogen) atoms. The summed E-state index contributed by atoms with van der Waals surface area (Å²) in [5.41, 5.74) is 0.753. The standard InChI is InChI=1S/C16H19N5O2/c1-19-15(23)12-6-2-3-7-13(12)21-14(17-18-16(19)21)10-20-8-4-5-11(22)9-20/h2-3,6-7,11,22H,4-5,8-10H2,1H3. The van der Waals surface area contributed by atoms with E-state index in [1.54, 1.807) is 7.05 Å². The molecule has 1 aliphatic heterocycles. The van der Waals surface area contributed by atoms with E-state index in [-0.39, 0.29) is 11.7 Å². The average Bonchev–Trinajstić information content (AvgIpc) is 2.96. The monoisotopic (exact) mass is 313 g/mol. The Bertz CT molecular complexity index is 929. The number of aliphatic hydroxyl groups is 1. The number of β-amino-alcohol motifs (C(OH)–C–C–N with tert-alkyl or cyclic N) is 1. The molecule has 0 saturated carbocycles. The topological polar surface area (TPSA) is 75.7 Å². The third-order valence-electron chi connectivity index (χ3n) is 4.54. The highest BCUT2D eigenvalue weighted by Crippen LogP contribution is 2.17. The van der Waals surface area contributed by atoms with Crippen LogP contribution in [0.25, 0.3) is 16.7 Å². The van der Waals surface area contributed by atoms with Gasteiger partial charge in [-0.05, 0) is 31.5 Å². The molecule has 0 amide bonds. The van der Waals surface area contributed by atoms with E-state index in [0.717, 1.165) is 30.7 Å². The van der Waals surface area contributed by atoms with Gasteiger partial charge < -0.3 is 5.11 Å². The summed E-state index contributed by atoms with van der Waals surface area (Å²) >= 11 is 0. The Labute approximate surface area is 132 Å². The smallest absolute Gasteiger partial charge is 0.262 e. The van der Waals surface area contributed by atoms with Crippen molar-refractivity contribution in [2.45, 2.75) is 25.5 Å². The van der Waals surface area contributed by atoms with Crippen LogP contribution in [0.1, 0.15) is 18.7 Å². The number of hydrogen-bond acceptors (Lipinski definition) is 5. The molecular weight excluding hydrogens is 294 g/mol. The third-order valence-corrected chi connectivity index (χ3v) is 4.54. The van der Waals surface area contributed by atoms with Crippen molar-refractivity contribution >= 4 is 16.7 Å². The number of likely N-dealkylation sites (tertiary alicyclic amines) is 1. The zero-order valence-electron chi connectivity index (χ0n) is 13.0. The lowest BCUT2D eigenvalue weighted by Crippen LogP contribution is -2.38. The van der Waals surface area contributed by atoms with Crippen LogP contribution in [-0.4, -0.2) is 48.4 Å². The molecule has 0 bridgehead atoms. The van der Waals surface area contributed by atoms with Crippen LogP contribution in [-0.2, 0) is 13.6 Å². The van der Waals surface area contributed by atoms with Gasteiger partial charge in [0.15, 0.2) is 5.82 Å². The first-order chi connectivity index (χ1) is 11.1. The molecule has 3 heterocycles. The molecule has 1 N–H and O–H groups in total. The van der Waals surface area contributed by atoms with Gasteiger partial charge in [-0.3, -0.25) is 18.7 Å². The number of nitrogens with zero attached hydrogens (tertiary/aromatic N) is 5. The number of piperidine rings is 1. The van der Waals surface area contributed by atoms with Crippen LogP contribution in [0.3, 0.4) is 0 Å². The molecule has 1 saturated heterocycles. The summed E-state index contributed by atoms with van der Waals surface area (Å²) in [6.07, 6.45) is 1.56. The maximum Gasteiger partial charge on any atom is 0.262 e. The fourth-order valence-electron chi connectivity index (χ4n) is 3.37. The summed E-state index contributed by atoms with van der Waals surface area (Å²) in [5, 5.41) is 19.0. The van der Waals surface area contributed by atoms with Crippen LogP contribution < -0.4 is 5.56 Å². The molecule has 3 aromatic rings. The first kappa shape index (κ1) is 14.3. The maximum absolute atomic E-state index is 12.4. The van der Waals surface area contributed by atoms with Gasteiger partial charge in [0.25, 0.3) is 5.56 Å². The number of para-hydroxylation sites is 1. The molecule has 1 fully saturated rings. The van der Waals surface area contributed by atoms with Gasteiger partial charge in [-0.25, -0.2) is 0 Å². The lowest BCUT2D eigenvalue weighted by molar-refractivity contribution is 0.0654. The Kier molecular flexibility index (Phi) is 3.39. The van der Waals surface area contributed by atoms with Crippen LogP contribution in [0.15, 0.2) is 29.1 Å². The second kappa shape index (κ2) is 5.43. The summed E-state index contributed by atoms with van der Waals surface area (Å²) in [7, 11) is 1.72. The fourth-order valence-corrected chi connectivity index (χ4v) is 3.37. The number of fused-ring (bicyclic) bond motifs is 3. The van der Waals surface area contributed by atoms with Gasteiger partial charge in [0.05, 0.1) is 23.6 Å². The molecule has 120 valence electrons. The Morgan fingerprint density at radius 3 is 2.96 bits per heavy atom. The maximum atomic E-state index is 12.4. The first-order valence-electron chi connectivity index (χ1n) is 7.87. The van der Waals surface area contributed by atoms with Crippen molar-refractivity contribution in [3.63, 3.8) is 0 Å².